The fraction of sp³-hybridized carbons (Fsp3) is 0.111. The maximum atomic E-state index is 2.32. The van der Waals surface area contributed by atoms with E-state index >= 15 is 0 Å². The van der Waals surface area contributed by atoms with Crippen LogP contribution in [-0.4, -0.2) is 6.26 Å². The normalized spacial score (nSPS) is 11.7. The van der Waals surface area contributed by atoms with Gasteiger partial charge in [-0.3, -0.25) is 0 Å². The zero-order chi connectivity index (χ0) is 13.7. The van der Waals surface area contributed by atoms with Gasteiger partial charge in [-0.05, 0) is 87.5 Å². The second kappa shape index (κ2) is 4.51. The molecule has 20 heavy (non-hydrogen) atoms. The lowest BCUT2D eigenvalue weighted by Crippen LogP contribution is -1.82. The summed E-state index contributed by atoms with van der Waals surface area (Å²) in [5, 5.41) is 8.85. The van der Waals surface area contributed by atoms with Gasteiger partial charge in [0.1, 0.15) is 0 Å². The van der Waals surface area contributed by atoms with Crippen molar-refractivity contribution in [1.82, 2.24) is 0 Å². The standard InChI is InChI=1S/C18H14S2/c1-11-5-13-7-14-6-12-3-4-20-18(12)10-16(14)8-15(13)9-17(11)19-2/h3-10H,1-2H3. The second-order valence-electron chi connectivity index (χ2n) is 5.18. The van der Waals surface area contributed by atoms with Gasteiger partial charge in [-0.25, -0.2) is 0 Å². The van der Waals surface area contributed by atoms with Crippen molar-refractivity contribution in [2.45, 2.75) is 11.8 Å². The first kappa shape index (κ1) is 12.2. The number of rotatable bonds is 1. The summed E-state index contributed by atoms with van der Waals surface area (Å²) in [6.07, 6.45) is 2.14. The van der Waals surface area contributed by atoms with Crippen LogP contribution in [0.15, 0.2) is 52.7 Å². The highest BCUT2D eigenvalue weighted by molar-refractivity contribution is 7.98. The molecule has 0 aliphatic heterocycles. The van der Waals surface area contributed by atoms with E-state index < -0.39 is 0 Å². The average molecular weight is 294 g/mol. The first-order valence-electron chi connectivity index (χ1n) is 6.64. The minimum atomic E-state index is 1.33. The van der Waals surface area contributed by atoms with Crippen LogP contribution in [0.5, 0.6) is 0 Å². The van der Waals surface area contributed by atoms with Crippen LogP contribution in [-0.2, 0) is 0 Å². The molecule has 0 radical (unpaired) electrons. The molecular formula is C18H14S2. The molecule has 1 aromatic heterocycles. The van der Waals surface area contributed by atoms with E-state index in [1.54, 1.807) is 0 Å². The van der Waals surface area contributed by atoms with Gasteiger partial charge < -0.3 is 0 Å². The van der Waals surface area contributed by atoms with Crippen LogP contribution >= 0.6 is 23.1 Å². The van der Waals surface area contributed by atoms with Gasteiger partial charge >= 0.3 is 0 Å². The molecule has 0 amide bonds. The summed E-state index contributed by atoms with van der Waals surface area (Å²) in [5.41, 5.74) is 1.36. The van der Waals surface area contributed by atoms with Crippen molar-refractivity contribution in [1.29, 1.82) is 0 Å². The lowest BCUT2D eigenvalue weighted by atomic mass is 10.0. The first-order valence-corrected chi connectivity index (χ1v) is 8.74. The lowest BCUT2D eigenvalue weighted by molar-refractivity contribution is 1.34. The molecule has 0 spiro atoms. The first-order chi connectivity index (χ1) is 9.74. The van der Waals surface area contributed by atoms with Crippen molar-refractivity contribution in [2.24, 2.45) is 0 Å². The predicted octanol–water partition coefficient (Wildman–Crippen LogP) is 6.24. The van der Waals surface area contributed by atoms with Crippen LogP contribution in [0.1, 0.15) is 5.56 Å². The minimum absolute atomic E-state index is 1.33. The Morgan fingerprint density at radius 1 is 0.800 bits per heavy atom. The fourth-order valence-corrected chi connectivity index (χ4v) is 4.27. The van der Waals surface area contributed by atoms with Gasteiger partial charge in [-0.15, -0.1) is 23.1 Å². The monoisotopic (exact) mass is 294 g/mol. The molecule has 0 atom stereocenters. The van der Waals surface area contributed by atoms with E-state index in [-0.39, 0.29) is 0 Å². The van der Waals surface area contributed by atoms with Crippen molar-refractivity contribution in [3.05, 3.63) is 53.4 Å². The van der Waals surface area contributed by atoms with E-state index in [9.17, 15) is 0 Å². The maximum Gasteiger partial charge on any atom is 0.0349 e. The van der Waals surface area contributed by atoms with E-state index in [4.69, 9.17) is 0 Å². The Hall–Kier alpha value is -1.51. The Bertz CT molecular complexity index is 948. The number of hydrogen-bond acceptors (Lipinski definition) is 2. The highest BCUT2D eigenvalue weighted by Crippen LogP contribution is 2.32. The Morgan fingerprint density at radius 3 is 2.25 bits per heavy atom. The van der Waals surface area contributed by atoms with E-state index in [1.165, 1.54) is 42.1 Å². The summed E-state index contributed by atoms with van der Waals surface area (Å²) >= 11 is 3.64. The molecule has 4 rings (SSSR count). The molecule has 0 aliphatic carbocycles. The van der Waals surface area contributed by atoms with Crippen LogP contribution in [0.3, 0.4) is 0 Å². The van der Waals surface area contributed by atoms with Crippen LogP contribution in [0.4, 0.5) is 0 Å². The van der Waals surface area contributed by atoms with Crippen LogP contribution in [0.2, 0.25) is 0 Å². The molecule has 1 heterocycles. The quantitative estimate of drug-likeness (QED) is 0.296. The summed E-state index contributed by atoms with van der Waals surface area (Å²) in [6, 6.07) is 16.1. The molecule has 98 valence electrons. The van der Waals surface area contributed by atoms with Crippen LogP contribution in [0.25, 0.3) is 31.6 Å². The molecule has 3 aromatic carbocycles. The number of thiophene rings is 1. The fourth-order valence-electron chi connectivity index (χ4n) is 2.82. The van der Waals surface area contributed by atoms with Gasteiger partial charge in [0.2, 0.25) is 0 Å². The van der Waals surface area contributed by atoms with E-state index in [0.29, 0.717) is 0 Å². The Kier molecular flexibility index (Phi) is 2.76. The summed E-state index contributed by atoms with van der Waals surface area (Å²) in [4.78, 5) is 1.37. The SMILES string of the molecule is CSc1cc2cc3cc4sccc4cc3cc2cc1C. The molecule has 4 aromatic rings. The van der Waals surface area contributed by atoms with Gasteiger partial charge in [0.05, 0.1) is 0 Å². The van der Waals surface area contributed by atoms with Crippen molar-refractivity contribution in [3.8, 4) is 0 Å². The van der Waals surface area contributed by atoms with Crippen molar-refractivity contribution >= 4 is 54.7 Å². The van der Waals surface area contributed by atoms with Gasteiger partial charge in [-0.2, -0.15) is 0 Å². The highest BCUT2D eigenvalue weighted by atomic mass is 32.2. The molecule has 0 bridgehead atoms. The molecule has 0 fully saturated rings. The Balaban J connectivity index is 2.11. The molecule has 0 N–H and O–H groups in total. The van der Waals surface area contributed by atoms with Crippen molar-refractivity contribution in [3.63, 3.8) is 0 Å². The average Bonchev–Trinajstić information content (AvgIpc) is 2.89. The van der Waals surface area contributed by atoms with Gasteiger partial charge in [0.15, 0.2) is 0 Å². The molecule has 0 saturated carbocycles. The van der Waals surface area contributed by atoms with Crippen LogP contribution in [0, 0.1) is 6.92 Å². The lowest BCUT2D eigenvalue weighted by Gasteiger charge is -2.08. The zero-order valence-electron chi connectivity index (χ0n) is 11.4. The second-order valence-corrected chi connectivity index (χ2v) is 6.97. The number of benzene rings is 3. The third-order valence-electron chi connectivity index (χ3n) is 3.88. The molecule has 0 aliphatic rings. The largest absolute Gasteiger partial charge is 0.144 e. The summed E-state index contributed by atoms with van der Waals surface area (Å²) in [5.74, 6) is 0. The van der Waals surface area contributed by atoms with Gasteiger partial charge in [-0.1, -0.05) is 6.07 Å². The van der Waals surface area contributed by atoms with Gasteiger partial charge in [0, 0.05) is 9.60 Å². The van der Waals surface area contributed by atoms with E-state index in [2.05, 4.69) is 61.0 Å². The summed E-state index contributed by atoms with van der Waals surface area (Å²) in [7, 11) is 0. The Labute approximate surface area is 126 Å². The van der Waals surface area contributed by atoms with Crippen molar-refractivity contribution in [2.75, 3.05) is 6.26 Å². The zero-order valence-corrected chi connectivity index (χ0v) is 13.1. The smallest absolute Gasteiger partial charge is 0.0349 e. The Morgan fingerprint density at radius 2 is 1.45 bits per heavy atom. The molecule has 0 saturated heterocycles. The maximum absolute atomic E-state index is 2.32. The topological polar surface area (TPSA) is 0 Å². The minimum Gasteiger partial charge on any atom is -0.144 e. The number of hydrogen-bond donors (Lipinski definition) is 0. The third-order valence-corrected chi connectivity index (χ3v) is 5.64. The van der Waals surface area contributed by atoms with E-state index in [1.807, 2.05) is 23.1 Å². The number of fused-ring (bicyclic) bond motifs is 3. The van der Waals surface area contributed by atoms with E-state index in [0.717, 1.165) is 0 Å². The highest BCUT2D eigenvalue weighted by Gasteiger charge is 2.04. The summed E-state index contributed by atoms with van der Waals surface area (Å²) < 4.78 is 1.37. The third kappa shape index (κ3) is 1.83. The molecule has 0 unspecified atom stereocenters. The molecule has 2 heteroatoms. The predicted molar refractivity (Wildman–Crippen MR) is 93.4 cm³/mol. The molecule has 0 nitrogen and oxygen atoms in total. The van der Waals surface area contributed by atoms with Gasteiger partial charge in [0.25, 0.3) is 0 Å². The number of aryl methyl sites for hydroxylation is 1. The molecular weight excluding hydrogens is 280 g/mol. The van der Waals surface area contributed by atoms with Crippen LogP contribution < -0.4 is 0 Å². The summed E-state index contributed by atoms with van der Waals surface area (Å²) in [6.45, 7) is 2.19. The van der Waals surface area contributed by atoms with Crippen molar-refractivity contribution < 1.29 is 0 Å². The number of thioether (sulfide) groups is 1.